The van der Waals surface area contributed by atoms with Crippen LogP contribution in [0.5, 0.6) is 0 Å². The summed E-state index contributed by atoms with van der Waals surface area (Å²) in [6, 6.07) is 12.0. The van der Waals surface area contributed by atoms with Gasteiger partial charge in [0.25, 0.3) is 0 Å². The Bertz CT molecular complexity index is 414. The number of hydrogen-bond donors (Lipinski definition) is 2. The standard InChI is InChI=1S/C9H8N2.C2H4ClNO/c1-2-4-8(5-3-1)9-6-7-10-11-9;3-1-2(4)5/h1-7H,(H,10,11);1H2,(H2,4,5). The second kappa shape index (κ2) is 6.63. The topological polar surface area (TPSA) is 71.8 Å². The van der Waals surface area contributed by atoms with E-state index >= 15 is 0 Å². The molecule has 1 heterocycles. The fraction of sp³-hybridized carbons (Fsp3) is 0.0909. The second-order valence-corrected chi connectivity index (χ2v) is 3.19. The molecule has 0 spiro atoms. The maximum absolute atomic E-state index is 9.46. The summed E-state index contributed by atoms with van der Waals surface area (Å²) in [6.07, 6.45) is 1.82. The van der Waals surface area contributed by atoms with Crippen molar-refractivity contribution in [2.75, 3.05) is 5.88 Å². The van der Waals surface area contributed by atoms with E-state index < -0.39 is 5.91 Å². The number of carbonyl (C=O) groups is 1. The molecule has 0 radical (unpaired) electrons. The van der Waals surface area contributed by atoms with Crippen molar-refractivity contribution in [2.24, 2.45) is 5.73 Å². The van der Waals surface area contributed by atoms with E-state index in [0.717, 1.165) is 11.3 Å². The van der Waals surface area contributed by atoms with Gasteiger partial charge in [0, 0.05) is 11.8 Å². The zero-order chi connectivity index (χ0) is 11.8. The van der Waals surface area contributed by atoms with Crippen molar-refractivity contribution in [3.8, 4) is 11.3 Å². The number of nitrogens with two attached hydrogens (primary N) is 1. The Balaban J connectivity index is 0.000000221. The van der Waals surface area contributed by atoms with Crippen LogP contribution in [0.15, 0.2) is 42.6 Å². The monoisotopic (exact) mass is 237 g/mol. The number of amides is 1. The van der Waals surface area contributed by atoms with E-state index in [1.54, 1.807) is 0 Å². The SMILES string of the molecule is NC(=O)CCl.c1ccc(-c2cc[nH]n2)cc1. The lowest BCUT2D eigenvalue weighted by Gasteiger charge is -1.91. The average Bonchev–Trinajstić information content (AvgIpc) is 2.84. The van der Waals surface area contributed by atoms with Crippen LogP contribution >= 0.6 is 11.6 Å². The average molecular weight is 238 g/mol. The normalized spacial score (nSPS) is 9.06. The van der Waals surface area contributed by atoms with Crippen LogP contribution in [0.4, 0.5) is 0 Å². The van der Waals surface area contributed by atoms with Crippen molar-refractivity contribution in [2.45, 2.75) is 0 Å². The Morgan fingerprint density at radius 1 is 1.31 bits per heavy atom. The summed E-state index contributed by atoms with van der Waals surface area (Å²) in [5.41, 5.74) is 6.66. The number of hydrogen-bond acceptors (Lipinski definition) is 2. The summed E-state index contributed by atoms with van der Waals surface area (Å²) in [4.78, 5) is 9.46. The first-order valence-electron chi connectivity index (χ1n) is 4.63. The number of aromatic nitrogens is 2. The van der Waals surface area contributed by atoms with Crippen LogP contribution in [-0.4, -0.2) is 22.0 Å². The Morgan fingerprint density at radius 3 is 2.38 bits per heavy atom. The minimum Gasteiger partial charge on any atom is -0.369 e. The molecule has 0 fully saturated rings. The van der Waals surface area contributed by atoms with E-state index in [9.17, 15) is 4.79 Å². The van der Waals surface area contributed by atoms with Crippen molar-refractivity contribution < 1.29 is 4.79 Å². The third kappa shape index (κ3) is 4.14. The molecule has 16 heavy (non-hydrogen) atoms. The van der Waals surface area contributed by atoms with Crippen LogP contribution in [0, 0.1) is 0 Å². The molecule has 0 atom stereocenters. The summed E-state index contributed by atoms with van der Waals surface area (Å²) in [7, 11) is 0. The molecular formula is C11H12ClN3O. The maximum Gasteiger partial charge on any atom is 0.232 e. The van der Waals surface area contributed by atoms with Crippen LogP contribution in [-0.2, 0) is 4.79 Å². The molecule has 5 heteroatoms. The summed E-state index contributed by atoms with van der Waals surface area (Å²) < 4.78 is 0. The first-order chi connectivity index (χ1) is 7.74. The molecule has 4 nitrogen and oxygen atoms in total. The van der Waals surface area contributed by atoms with Crippen molar-refractivity contribution in [3.63, 3.8) is 0 Å². The third-order valence-corrected chi connectivity index (χ3v) is 1.97. The highest BCUT2D eigenvalue weighted by atomic mass is 35.5. The quantitative estimate of drug-likeness (QED) is 0.782. The summed E-state index contributed by atoms with van der Waals surface area (Å²) in [6.45, 7) is 0. The van der Waals surface area contributed by atoms with E-state index in [-0.39, 0.29) is 5.88 Å². The van der Waals surface area contributed by atoms with Gasteiger partial charge in [0.1, 0.15) is 5.88 Å². The summed E-state index contributed by atoms with van der Waals surface area (Å²) >= 11 is 4.86. The minimum absolute atomic E-state index is 0.0833. The highest BCUT2D eigenvalue weighted by molar-refractivity contribution is 6.27. The molecule has 2 rings (SSSR count). The van der Waals surface area contributed by atoms with Gasteiger partial charge in [0.15, 0.2) is 0 Å². The lowest BCUT2D eigenvalue weighted by atomic mass is 10.2. The number of aromatic amines is 1. The molecule has 2 aromatic rings. The van der Waals surface area contributed by atoms with Crippen molar-refractivity contribution in [1.82, 2.24) is 10.2 Å². The first kappa shape index (κ1) is 12.3. The predicted octanol–water partition coefficient (Wildman–Crippen LogP) is 1.79. The number of nitrogens with one attached hydrogen (secondary N) is 1. The number of nitrogens with zero attached hydrogens (tertiary/aromatic N) is 1. The Kier molecular flexibility index (Phi) is 5.08. The van der Waals surface area contributed by atoms with Gasteiger partial charge in [0.2, 0.25) is 5.91 Å². The molecule has 3 N–H and O–H groups in total. The molecule has 84 valence electrons. The Hall–Kier alpha value is -1.81. The number of rotatable bonds is 2. The van der Waals surface area contributed by atoms with E-state index in [4.69, 9.17) is 11.6 Å². The van der Waals surface area contributed by atoms with Gasteiger partial charge in [-0.3, -0.25) is 9.89 Å². The highest BCUT2D eigenvalue weighted by Crippen LogP contribution is 2.13. The third-order valence-electron chi connectivity index (χ3n) is 1.70. The lowest BCUT2D eigenvalue weighted by molar-refractivity contribution is -0.115. The molecule has 0 bridgehead atoms. The molecule has 0 saturated heterocycles. The molecule has 0 aliphatic heterocycles. The number of alkyl halides is 1. The van der Waals surface area contributed by atoms with Crippen LogP contribution < -0.4 is 5.73 Å². The molecule has 0 saturated carbocycles. The van der Waals surface area contributed by atoms with E-state index in [1.165, 1.54) is 0 Å². The molecule has 0 aliphatic rings. The maximum atomic E-state index is 9.46. The minimum atomic E-state index is -0.480. The van der Waals surface area contributed by atoms with Gasteiger partial charge >= 0.3 is 0 Å². The summed E-state index contributed by atoms with van der Waals surface area (Å²) in [5.74, 6) is -0.563. The first-order valence-corrected chi connectivity index (χ1v) is 5.17. The molecule has 1 aromatic carbocycles. The zero-order valence-corrected chi connectivity index (χ0v) is 9.32. The molecule has 0 aliphatic carbocycles. The predicted molar refractivity (Wildman–Crippen MR) is 63.9 cm³/mol. The largest absolute Gasteiger partial charge is 0.369 e. The van der Waals surface area contributed by atoms with Gasteiger partial charge in [-0.25, -0.2) is 0 Å². The van der Waals surface area contributed by atoms with Gasteiger partial charge in [0.05, 0.1) is 5.69 Å². The van der Waals surface area contributed by atoms with Crippen molar-refractivity contribution in [3.05, 3.63) is 42.6 Å². The lowest BCUT2D eigenvalue weighted by Crippen LogP contribution is -2.10. The number of halogens is 1. The van der Waals surface area contributed by atoms with Gasteiger partial charge in [-0.2, -0.15) is 5.10 Å². The summed E-state index contributed by atoms with van der Waals surface area (Å²) in [5, 5.41) is 6.84. The Morgan fingerprint density at radius 2 is 1.94 bits per heavy atom. The van der Waals surface area contributed by atoms with E-state index in [1.807, 2.05) is 42.6 Å². The van der Waals surface area contributed by atoms with Crippen LogP contribution in [0.25, 0.3) is 11.3 Å². The van der Waals surface area contributed by atoms with Gasteiger partial charge < -0.3 is 5.73 Å². The van der Waals surface area contributed by atoms with Crippen molar-refractivity contribution >= 4 is 17.5 Å². The van der Waals surface area contributed by atoms with Crippen LogP contribution in [0.2, 0.25) is 0 Å². The van der Waals surface area contributed by atoms with Gasteiger partial charge in [-0.15, -0.1) is 11.6 Å². The highest BCUT2D eigenvalue weighted by Gasteiger charge is 1.95. The second-order valence-electron chi connectivity index (χ2n) is 2.93. The fourth-order valence-corrected chi connectivity index (χ4v) is 1.03. The van der Waals surface area contributed by atoms with E-state index in [0.29, 0.717) is 0 Å². The fourth-order valence-electron chi connectivity index (χ4n) is 1.03. The van der Waals surface area contributed by atoms with E-state index in [2.05, 4.69) is 15.9 Å². The van der Waals surface area contributed by atoms with Crippen LogP contribution in [0.1, 0.15) is 0 Å². The van der Waals surface area contributed by atoms with Crippen molar-refractivity contribution in [1.29, 1.82) is 0 Å². The molecule has 1 aromatic heterocycles. The number of benzene rings is 1. The zero-order valence-electron chi connectivity index (χ0n) is 8.56. The molecule has 0 unspecified atom stereocenters. The molecule has 1 amide bonds. The van der Waals surface area contributed by atoms with Gasteiger partial charge in [-0.1, -0.05) is 30.3 Å². The van der Waals surface area contributed by atoms with Gasteiger partial charge in [-0.05, 0) is 6.07 Å². The molecular weight excluding hydrogens is 226 g/mol. The smallest absolute Gasteiger partial charge is 0.232 e. The number of H-pyrrole nitrogens is 1. The number of primary amides is 1. The Labute approximate surface area is 98.4 Å². The number of carbonyl (C=O) groups excluding carboxylic acids is 1. The van der Waals surface area contributed by atoms with Crippen LogP contribution in [0.3, 0.4) is 0 Å².